The van der Waals surface area contributed by atoms with Crippen LogP contribution in [0.5, 0.6) is 0 Å². The van der Waals surface area contributed by atoms with Gasteiger partial charge in [-0.05, 0) is 59.4 Å². The average Bonchev–Trinajstić information content (AvgIpc) is 2.74. The van der Waals surface area contributed by atoms with Crippen molar-refractivity contribution in [1.82, 2.24) is 15.5 Å². The first kappa shape index (κ1) is 31.5. The van der Waals surface area contributed by atoms with Gasteiger partial charge in [-0.15, -0.1) is 0 Å². The van der Waals surface area contributed by atoms with E-state index in [0.717, 1.165) is 37.7 Å². The third kappa shape index (κ3) is 11.4. The van der Waals surface area contributed by atoms with Crippen molar-refractivity contribution in [3.8, 4) is 0 Å². The van der Waals surface area contributed by atoms with Crippen LogP contribution in [-0.2, 0) is 14.3 Å². The van der Waals surface area contributed by atoms with Gasteiger partial charge in [-0.1, -0.05) is 76.8 Å². The monoisotopic (exact) mass is 503 g/mol. The van der Waals surface area contributed by atoms with E-state index >= 15 is 0 Å². The maximum absolute atomic E-state index is 14.1. The molecule has 36 heavy (non-hydrogen) atoms. The van der Waals surface area contributed by atoms with Gasteiger partial charge < -0.3 is 20.3 Å². The van der Waals surface area contributed by atoms with Crippen LogP contribution in [0, 0.1) is 5.92 Å². The molecule has 1 aromatic rings. The molecule has 7 nitrogen and oxygen atoms in total. The standard InChI is InChI=1S/C29H49N3O4/c1-10-11-12-13-17-20-32(26(34)23(21(2)3)30-27(35)36-29(7,8)9)24(22-18-15-14-16-19-22)25(33)31-28(4,5)6/h14-16,18-19,21,23-24H,10-13,17,20H2,1-9H3,(H,30,35)(H,31,33). The Balaban J connectivity index is 3.40. The van der Waals surface area contributed by atoms with Crippen LogP contribution in [0.2, 0.25) is 0 Å². The number of carbonyl (C=O) groups excluding carboxylic acids is 3. The molecule has 2 unspecified atom stereocenters. The van der Waals surface area contributed by atoms with Crippen molar-refractivity contribution in [3.63, 3.8) is 0 Å². The Morgan fingerprint density at radius 3 is 2.00 bits per heavy atom. The molecule has 0 aliphatic carbocycles. The van der Waals surface area contributed by atoms with E-state index in [0.29, 0.717) is 6.54 Å². The summed E-state index contributed by atoms with van der Waals surface area (Å²) in [6, 6.07) is 7.73. The van der Waals surface area contributed by atoms with Crippen LogP contribution >= 0.6 is 0 Å². The fraction of sp³-hybridized carbons (Fsp3) is 0.690. The molecule has 0 spiro atoms. The third-order valence-corrected chi connectivity index (χ3v) is 5.56. The molecule has 204 valence electrons. The molecule has 1 rings (SSSR count). The molecule has 0 saturated heterocycles. The summed E-state index contributed by atoms with van der Waals surface area (Å²) < 4.78 is 5.43. The zero-order valence-corrected chi connectivity index (χ0v) is 23.9. The van der Waals surface area contributed by atoms with Gasteiger partial charge >= 0.3 is 6.09 Å². The Morgan fingerprint density at radius 1 is 0.917 bits per heavy atom. The van der Waals surface area contributed by atoms with Crippen LogP contribution < -0.4 is 10.6 Å². The topological polar surface area (TPSA) is 87.7 Å². The predicted molar refractivity (Wildman–Crippen MR) is 146 cm³/mol. The smallest absolute Gasteiger partial charge is 0.408 e. The lowest BCUT2D eigenvalue weighted by Crippen LogP contribution is -2.56. The highest BCUT2D eigenvalue weighted by molar-refractivity contribution is 5.92. The fourth-order valence-electron chi connectivity index (χ4n) is 3.93. The summed E-state index contributed by atoms with van der Waals surface area (Å²) in [5.74, 6) is -0.727. The molecule has 0 aromatic heterocycles. The lowest BCUT2D eigenvalue weighted by atomic mass is 9.97. The van der Waals surface area contributed by atoms with Gasteiger partial charge in [-0.2, -0.15) is 0 Å². The van der Waals surface area contributed by atoms with Crippen molar-refractivity contribution < 1.29 is 19.1 Å². The van der Waals surface area contributed by atoms with E-state index in [2.05, 4.69) is 17.6 Å². The zero-order chi connectivity index (χ0) is 27.5. The Labute approximate surface area is 218 Å². The summed E-state index contributed by atoms with van der Waals surface area (Å²) in [6.07, 6.45) is 4.43. The van der Waals surface area contributed by atoms with E-state index in [-0.39, 0.29) is 17.7 Å². The number of nitrogens with zero attached hydrogens (tertiary/aromatic N) is 1. The van der Waals surface area contributed by atoms with Gasteiger partial charge in [0, 0.05) is 12.1 Å². The van der Waals surface area contributed by atoms with E-state index in [1.54, 1.807) is 25.7 Å². The van der Waals surface area contributed by atoms with Crippen molar-refractivity contribution in [2.24, 2.45) is 5.92 Å². The highest BCUT2D eigenvalue weighted by Gasteiger charge is 2.38. The Bertz CT molecular complexity index is 825. The molecule has 2 N–H and O–H groups in total. The third-order valence-electron chi connectivity index (χ3n) is 5.56. The molecule has 3 amide bonds. The molecule has 0 heterocycles. The number of amides is 3. The maximum Gasteiger partial charge on any atom is 0.408 e. The van der Waals surface area contributed by atoms with Gasteiger partial charge in [0.15, 0.2) is 0 Å². The molecule has 0 fully saturated rings. The summed E-state index contributed by atoms with van der Waals surface area (Å²) in [5.41, 5.74) is -0.417. The van der Waals surface area contributed by atoms with Crippen LogP contribution in [0.15, 0.2) is 30.3 Å². The number of rotatable bonds is 12. The van der Waals surface area contributed by atoms with Gasteiger partial charge in [0.2, 0.25) is 11.8 Å². The van der Waals surface area contributed by atoms with Crippen molar-refractivity contribution in [2.75, 3.05) is 6.54 Å². The molecule has 0 aliphatic rings. The van der Waals surface area contributed by atoms with Gasteiger partial charge in [0.1, 0.15) is 17.7 Å². The Hall–Kier alpha value is -2.57. The van der Waals surface area contributed by atoms with Gasteiger partial charge in [-0.25, -0.2) is 4.79 Å². The Kier molecular flexibility index (Phi) is 12.4. The highest BCUT2D eigenvalue weighted by atomic mass is 16.6. The number of benzene rings is 1. The molecule has 7 heteroatoms. The minimum atomic E-state index is -0.829. The molecular formula is C29H49N3O4. The SMILES string of the molecule is CCCCCCCN(C(=O)C(NC(=O)OC(C)(C)C)C(C)C)C(C(=O)NC(C)(C)C)c1ccccc1. The van der Waals surface area contributed by atoms with Crippen molar-refractivity contribution in [2.45, 2.75) is 118 Å². The number of nitrogens with one attached hydrogen (secondary N) is 2. The molecule has 0 radical (unpaired) electrons. The number of ether oxygens (including phenoxy) is 1. The molecular weight excluding hydrogens is 454 g/mol. The van der Waals surface area contributed by atoms with Crippen LogP contribution in [-0.4, -0.2) is 46.5 Å². The van der Waals surface area contributed by atoms with Crippen LogP contribution in [0.4, 0.5) is 4.79 Å². The van der Waals surface area contributed by atoms with E-state index in [9.17, 15) is 14.4 Å². The van der Waals surface area contributed by atoms with Crippen molar-refractivity contribution >= 4 is 17.9 Å². The number of hydrogen-bond acceptors (Lipinski definition) is 4. The summed E-state index contributed by atoms with van der Waals surface area (Å²) in [4.78, 5) is 41.9. The fourth-order valence-corrected chi connectivity index (χ4v) is 3.93. The first-order valence-corrected chi connectivity index (χ1v) is 13.3. The summed E-state index contributed by atoms with van der Waals surface area (Å²) in [7, 11) is 0. The predicted octanol–water partition coefficient (Wildman–Crippen LogP) is 5.99. The maximum atomic E-state index is 14.1. The molecule has 2 atom stereocenters. The van der Waals surface area contributed by atoms with Crippen LogP contribution in [0.25, 0.3) is 0 Å². The van der Waals surface area contributed by atoms with Crippen molar-refractivity contribution in [3.05, 3.63) is 35.9 Å². The summed E-state index contributed by atoms with van der Waals surface area (Å²) in [6.45, 7) is 17.4. The van der Waals surface area contributed by atoms with E-state index in [1.807, 2.05) is 65.0 Å². The van der Waals surface area contributed by atoms with E-state index in [4.69, 9.17) is 4.74 Å². The highest BCUT2D eigenvalue weighted by Crippen LogP contribution is 2.25. The molecule has 0 bridgehead atoms. The van der Waals surface area contributed by atoms with Crippen molar-refractivity contribution in [1.29, 1.82) is 0 Å². The number of carbonyl (C=O) groups is 3. The lowest BCUT2D eigenvalue weighted by Gasteiger charge is -2.37. The first-order valence-electron chi connectivity index (χ1n) is 13.3. The second-order valence-corrected chi connectivity index (χ2v) is 11.9. The quantitative estimate of drug-likeness (QED) is 0.343. The average molecular weight is 504 g/mol. The zero-order valence-electron chi connectivity index (χ0n) is 23.9. The van der Waals surface area contributed by atoms with Gasteiger partial charge in [-0.3, -0.25) is 9.59 Å². The second-order valence-electron chi connectivity index (χ2n) is 11.9. The number of unbranched alkanes of at least 4 members (excludes halogenated alkanes) is 4. The second kappa shape index (κ2) is 14.2. The molecule has 0 saturated carbocycles. The Morgan fingerprint density at radius 2 is 1.50 bits per heavy atom. The first-order chi connectivity index (χ1) is 16.7. The number of alkyl carbamates (subject to hydrolysis) is 1. The lowest BCUT2D eigenvalue weighted by molar-refractivity contribution is -0.144. The van der Waals surface area contributed by atoms with Gasteiger partial charge in [0.05, 0.1) is 0 Å². The van der Waals surface area contributed by atoms with Gasteiger partial charge in [0.25, 0.3) is 0 Å². The van der Waals surface area contributed by atoms with E-state index in [1.165, 1.54) is 0 Å². The minimum absolute atomic E-state index is 0.199. The molecule has 1 aromatic carbocycles. The van der Waals surface area contributed by atoms with E-state index < -0.39 is 29.3 Å². The number of hydrogen-bond donors (Lipinski definition) is 2. The summed E-state index contributed by atoms with van der Waals surface area (Å²) >= 11 is 0. The summed E-state index contributed by atoms with van der Waals surface area (Å²) in [5, 5.41) is 5.83. The molecule has 0 aliphatic heterocycles. The normalized spacial score (nSPS) is 13.6. The minimum Gasteiger partial charge on any atom is -0.444 e. The van der Waals surface area contributed by atoms with Crippen LogP contribution in [0.3, 0.4) is 0 Å². The van der Waals surface area contributed by atoms with Crippen LogP contribution in [0.1, 0.15) is 106 Å². The largest absolute Gasteiger partial charge is 0.444 e.